The molecule has 47 heavy (non-hydrogen) atoms. The van der Waals surface area contributed by atoms with Crippen LogP contribution in [0, 0.1) is 5.92 Å². The van der Waals surface area contributed by atoms with Crippen molar-refractivity contribution in [3.63, 3.8) is 0 Å². The second kappa shape index (κ2) is 15.9. The normalized spacial score (nSPS) is 21.6. The number of likely N-dealkylation sites (tertiary alicyclic amines) is 2. The SMILES string of the molecule is CNC1CCN(C)CC1.COc1cc2c(cc1N1CCOCC1)CC(Cc1cc(NC3CCN(C)CC3)cc(OC(F)(F)F)c1)C2=O. The van der Waals surface area contributed by atoms with Gasteiger partial charge >= 0.3 is 6.36 Å². The van der Waals surface area contributed by atoms with Crippen molar-refractivity contribution in [3.8, 4) is 11.5 Å². The summed E-state index contributed by atoms with van der Waals surface area (Å²) < 4.78 is 54.6. The molecule has 1 aliphatic carbocycles. The molecule has 2 aromatic carbocycles. The monoisotopic (exact) mass is 661 g/mol. The predicted octanol–water partition coefficient (Wildman–Crippen LogP) is 4.83. The van der Waals surface area contributed by atoms with Crippen LogP contribution in [0.5, 0.6) is 11.5 Å². The van der Waals surface area contributed by atoms with E-state index in [0.717, 1.165) is 56.3 Å². The molecule has 0 bridgehead atoms. The Labute approximate surface area is 276 Å². The number of rotatable bonds is 8. The number of ketones is 1. The van der Waals surface area contributed by atoms with E-state index in [0.29, 0.717) is 48.6 Å². The first-order chi connectivity index (χ1) is 22.5. The first kappa shape index (κ1) is 35.3. The van der Waals surface area contributed by atoms with E-state index in [-0.39, 0.29) is 23.5 Å². The number of methoxy groups -OCH3 is 1. The number of morpholine rings is 1. The second-order valence-electron chi connectivity index (χ2n) is 13.3. The van der Waals surface area contributed by atoms with Crippen LogP contribution >= 0.6 is 0 Å². The molecule has 0 spiro atoms. The molecule has 1 unspecified atom stereocenters. The van der Waals surface area contributed by atoms with Gasteiger partial charge in [0.05, 0.1) is 26.0 Å². The number of halogens is 3. The average molecular weight is 662 g/mol. The van der Waals surface area contributed by atoms with Crippen LogP contribution in [0.2, 0.25) is 0 Å². The summed E-state index contributed by atoms with van der Waals surface area (Å²) in [7, 11) is 7.89. The third-order valence-corrected chi connectivity index (χ3v) is 9.76. The summed E-state index contributed by atoms with van der Waals surface area (Å²) in [6.07, 6.45) is 0.479. The fraction of sp³-hybridized carbons (Fsp3) is 0.629. The summed E-state index contributed by atoms with van der Waals surface area (Å²) in [6.45, 7) is 7.11. The molecule has 6 rings (SSSR count). The van der Waals surface area contributed by atoms with E-state index in [4.69, 9.17) is 9.47 Å². The van der Waals surface area contributed by atoms with E-state index in [1.165, 1.54) is 38.1 Å². The molecule has 2 N–H and O–H groups in total. The molecule has 9 nitrogen and oxygen atoms in total. The zero-order chi connectivity index (χ0) is 33.6. The van der Waals surface area contributed by atoms with Gasteiger partial charge in [-0.1, -0.05) is 0 Å². The van der Waals surface area contributed by atoms with Gasteiger partial charge in [0.15, 0.2) is 5.78 Å². The van der Waals surface area contributed by atoms with Gasteiger partial charge in [0.1, 0.15) is 11.5 Å². The molecule has 3 saturated heterocycles. The fourth-order valence-corrected chi connectivity index (χ4v) is 6.99. The van der Waals surface area contributed by atoms with Gasteiger partial charge in [-0.05, 0) is 121 Å². The van der Waals surface area contributed by atoms with Crippen LogP contribution < -0.4 is 25.0 Å². The Bertz CT molecular complexity index is 1340. The lowest BCUT2D eigenvalue weighted by Crippen LogP contribution is -2.39. The molecule has 0 aromatic heterocycles. The van der Waals surface area contributed by atoms with Gasteiger partial charge in [0.2, 0.25) is 0 Å². The number of benzene rings is 2. The van der Waals surface area contributed by atoms with Crippen molar-refractivity contribution in [2.45, 2.75) is 57.0 Å². The lowest BCUT2D eigenvalue weighted by Gasteiger charge is -2.30. The Balaban J connectivity index is 0.000000417. The van der Waals surface area contributed by atoms with Gasteiger partial charge in [-0.3, -0.25) is 4.79 Å². The largest absolute Gasteiger partial charge is 0.573 e. The second-order valence-corrected chi connectivity index (χ2v) is 13.3. The molecule has 1 atom stereocenters. The topological polar surface area (TPSA) is 78.5 Å². The predicted molar refractivity (Wildman–Crippen MR) is 178 cm³/mol. The zero-order valence-electron chi connectivity index (χ0n) is 28.1. The number of anilines is 2. The number of fused-ring (bicyclic) bond motifs is 1. The Morgan fingerprint density at radius 3 is 2.13 bits per heavy atom. The molecule has 0 saturated carbocycles. The first-order valence-corrected chi connectivity index (χ1v) is 16.8. The minimum Gasteiger partial charge on any atom is -0.495 e. The zero-order valence-corrected chi connectivity index (χ0v) is 28.1. The number of nitrogens with one attached hydrogen (secondary N) is 2. The van der Waals surface area contributed by atoms with Gasteiger partial charge in [0, 0.05) is 48.4 Å². The standard InChI is InChI=1S/C28H34F3N3O4.C7H16N2/c1-33-5-3-21(4-6-33)32-22-12-18(13-23(16-22)38-28(29,30)31)11-20-14-19-15-25(34-7-9-37-10-8-34)26(36-2)17-24(19)27(20)35;1-8-7-3-5-9(2)6-4-7/h12-13,15-17,20-21,32H,3-11,14H2,1-2H3;7-8H,3-6H2,1-2H3. The molecular formula is C35H50F3N5O4. The summed E-state index contributed by atoms with van der Waals surface area (Å²) in [5, 5.41) is 6.69. The third-order valence-electron chi connectivity index (χ3n) is 9.76. The average Bonchev–Trinajstić information content (AvgIpc) is 3.35. The Morgan fingerprint density at radius 2 is 1.53 bits per heavy atom. The highest BCUT2D eigenvalue weighted by molar-refractivity contribution is 6.03. The number of carbonyl (C=O) groups excluding carboxylic acids is 1. The maximum absolute atomic E-state index is 13.4. The molecule has 0 radical (unpaired) electrons. The van der Waals surface area contributed by atoms with Crippen LogP contribution in [0.1, 0.15) is 47.2 Å². The van der Waals surface area contributed by atoms with E-state index >= 15 is 0 Å². The smallest absolute Gasteiger partial charge is 0.495 e. The number of ether oxygens (including phenoxy) is 3. The molecule has 4 aliphatic rings. The number of nitrogens with zero attached hydrogens (tertiary/aromatic N) is 3. The highest BCUT2D eigenvalue weighted by Crippen LogP contribution is 2.39. The van der Waals surface area contributed by atoms with Gasteiger partial charge < -0.3 is 39.5 Å². The molecule has 3 fully saturated rings. The summed E-state index contributed by atoms with van der Waals surface area (Å²) >= 11 is 0. The highest BCUT2D eigenvalue weighted by atomic mass is 19.4. The minimum absolute atomic E-state index is 0.0150. The van der Waals surface area contributed by atoms with Crippen molar-refractivity contribution >= 4 is 17.2 Å². The van der Waals surface area contributed by atoms with Crippen molar-refractivity contribution in [1.29, 1.82) is 0 Å². The molecule has 3 aliphatic heterocycles. The van der Waals surface area contributed by atoms with Gasteiger partial charge in [0.25, 0.3) is 0 Å². The molecule has 12 heteroatoms. The molecule has 2 aromatic rings. The van der Waals surface area contributed by atoms with Crippen LogP contribution in [0.3, 0.4) is 0 Å². The van der Waals surface area contributed by atoms with Crippen LogP contribution in [0.15, 0.2) is 30.3 Å². The van der Waals surface area contributed by atoms with E-state index in [1.54, 1.807) is 13.2 Å². The van der Waals surface area contributed by atoms with Crippen molar-refractivity contribution in [1.82, 2.24) is 15.1 Å². The Morgan fingerprint density at radius 1 is 0.894 bits per heavy atom. The van der Waals surface area contributed by atoms with E-state index in [1.807, 2.05) is 12.1 Å². The van der Waals surface area contributed by atoms with Crippen molar-refractivity contribution in [2.75, 3.05) is 91.0 Å². The van der Waals surface area contributed by atoms with Gasteiger partial charge in [-0.25, -0.2) is 0 Å². The third kappa shape index (κ3) is 9.74. The molecule has 3 heterocycles. The summed E-state index contributed by atoms with van der Waals surface area (Å²) in [5.41, 5.74) is 3.71. The lowest BCUT2D eigenvalue weighted by atomic mass is 9.95. The van der Waals surface area contributed by atoms with Crippen molar-refractivity contribution < 1.29 is 32.2 Å². The Hall–Kier alpha value is -3.06. The number of carbonyl (C=O) groups is 1. The number of hydrogen-bond acceptors (Lipinski definition) is 9. The number of Topliss-reactive ketones (excluding diaryl/α,β-unsaturated/α-hetero) is 1. The van der Waals surface area contributed by atoms with E-state index < -0.39 is 6.36 Å². The lowest BCUT2D eigenvalue weighted by molar-refractivity contribution is -0.274. The quantitative estimate of drug-likeness (QED) is 0.414. The van der Waals surface area contributed by atoms with Crippen LogP contribution in [0.4, 0.5) is 24.5 Å². The number of hydrogen-bond donors (Lipinski definition) is 2. The fourth-order valence-electron chi connectivity index (χ4n) is 6.99. The van der Waals surface area contributed by atoms with E-state index in [2.05, 4.69) is 51.2 Å². The highest BCUT2D eigenvalue weighted by Gasteiger charge is 2.34. The number of piperidine rings is 2. The molecule has 0 amide bonds. The van der Waals surface area contributed by atoms with Crippen molar-refractivity contribution in [3.05, 3.63) is 47.0 Å². The van der Waals surface area contributed by atoms with Crippen LogP contribution in [-0.2, 0) is 17.6 Å². The molecular weight excluding hydrogens is 611 g/mol. The summed E-state index contributed by atoms with van der Waals surface area (Å²) in [4.78, 5) is 20.2. The maximum atomic E-state index is 13.4. The Kier molecular flexibility index (Phi) is 11.9. The van der Waals surface area contributed by atoms with Crippen LogP contribution in [-0.4, -0.2) is 115 Å². The summed E-state index contributed by atoms with van der Waals surface area (Å²) in [6, 6.07) is 9.40. The molecule has 260 valence electrons. The maximum Gasteiger partial charge on any atom is 0.573 e. The minimum atomic E-state index is -4.80. The van der Waals surface area contributed by atoms with Gasteiger partial charge in [-0.15, -0.1) is 13.2 Å². The van der Waals surface area contributed by atoms with Crippen LogP contribution in [0.25, 0.3) is 0 Å². The number of alkyl halides is 3. The van der Waals surface area contributed by atoms with E-state index in [9.17, 15) is 18.0 Å². The summed E-state index contributed by atoms with van der Waals surface area (Å²) in [5.74, 6) is -0.0137. The van der Waals surface area contributed by atoms with Gasteiger partial charge in [-0.2, -0.15) is 0 Å². The van der Waals surface area contributed by atoms with Crippen molar-refractivity contribution in [2.24, 2.45) is 5.92 Å². The first-order valence-electron chi connectivity index (χ1n) is 16.8.